The number of hydrogen-bond acceptors (Lipinski definition) is 1. The van der Waals surface area contributed by atoms with Crippen LogP contribution in [0.3, 0.4) is 0 Å². The summed E-state index contributed by atoms with van der Waals surface area (Å²) in [5.74, 6) is 0. The van der Waals surface area contributed by atoms with Crippen LogP contribution < -0.4 is 4.90 Å². The van der Waals surface area contributed by atoms with Crippen molar-refractivity contribution >= 4 is 38.8 Å². The molecular weight excluding hydrogens is 605 g/mol. The molecule has 0 radical (unpaired) electrons. The number of para-hydroxylation sites is 3. The zero-order valence-corrected chi connectivity index (χ0v) is 27.6. The lowest BCUT2D eigenvalue weighted by Crippen LogP contribution is -2.11. The fraction of sp³-hybridized carbons (Fsp3) is 0. The first-order valence-corrected chi connectivity index (χ1v) is 17.0. The lowest BCUT2D eigenvalue weighted by Gasteiger charge is -2.25. The van der Waals surface area contributed by atoms with Crippen molar-refractivity contribution in [2.24, 2.45) is 0 Å². The van der Waals surface area contributed by atoms with Gasteiger partial charge in [0.1, 0.15) is 0 Å². The molecule has 0 saturated carbocycles. The number of anilines is 2. The Balaban J connectivity index is 1.08. The quantitative estimate of drug-likeness (QED) is 0.182. The van der Waals surface area contributed by atoms with Crippen molar-refractivity contribution in [1.82, 2.24) is 4.57 Å². The second-order valence-electron chi connectivity index (χ2n) is 12.7. The Hall–Kier alpha value is -6.64. The van der Waals surface area contributed by atoms with Gasteiger partial charge in [-0.05, 0) is 87.5 Å². The van der Waals surface area contributed by atoms with E-state index in [4.69, 9.17) is 0 Å². The first kappa shape index (κ1) is 29.5. The largest absolute Gasteiger partial charge is 0.317 e. The average molecular weight is 639 g/mol. The van der Waals surface area contributed by atoms with Crippen molar-refractivity contribution in [3.8, 4) is 39.1 Å². The van der Waals surface area contributed by atoms with Crippen molar-refractivity contribution in [2.75, 3.05) is 4.90 Å². The maximum atomic E-state index is 4.30. The van der Waals surface area contributed by atoms with Crippen LogP contribution in [0.25, 0.3) is 66.4 Å². The Labute approximate surface area is 292 Å². The smallest absolute Gasteiger partial charge is 0.0541 e. The Morgan fingerprint density at radius 3 is 1.42 bits per heavy atom. The van der Waals surface area contributed by atoms with Crippen LogP contribution in [0.4, 0.5) is 11.4 Å². The van der Waals surface area contributed by atoms with Crippen LogP contribution in [0.2, 0.25) is 0 Å². The Bertz CT molecular complexity index is 2540. The molecule has 2 nitrogen and oxygen atoms in total. The van der Waals surface area contributed by atoms with Crippen LogP contribution in [0, 0.1) is 0 Å². The Morgan fingerprint density at radius 2 is 0.840 bits per heavy atom. The van der Waals surface area contributed by atoms with E-state index in [-0.39, 0.29) is 0 Å². The first-order chi connectivity index (χ1) is 24.7. The molecule has 9 rings (SSSR count). The molecular formula is C48H34N2. The Kier molecular flexibility index (Phi) is 7.33. The number of fused-ring (bicyclic) bond motifs is 4. The van der Waals surface area contributed by atoms with Crippen molar-refractivity contribution in [3.63, 3.8) is 0 Å². The van der Waals surface area contributed by atoms with E-state index in [1.807, 2.05) is 6.08 Å². The third kappa shape index (κ3) is 5.06. The van der Waals surface area contributed by atoms with E-state index in [1.165, 1.54) is 55.2 Å². The SMILES string of the molecule is C=C1/C=C\C=C/N(c2ccc(-c3ccccc3-c3ccccc3-c3ccc(-n4c5ccccc5c5ccccc54)cc3)cc2)c2ccccc21. The number of hydrogen-bond donors (Lipinski definition) is 0. The van der Waals surface area contributed by atoms with Gasteiger partial charge in [-0.2, -0.15) is 0 Å². The lowest BCUT2D eigenvalue weighted by molar-refractivity contribution is 1.18. The summed E-state index contributed by atoms with van der Waals surface area (Å²) in [6, 6.07) is 61.1. The van der Waals surface area contributed by atoms with Crippen LogP contribution >= 0.6 is 0 Å². The molecule has 0 N–H and O–H groups in total. The van der Waals surface area contributed by atoms with Crippen LogP contribution in [0.5, 0.6) is 0 Å². The summed E-state index contributed by atoms with van der Waals surface area (Å²) in [6.07, 6.45) is 8.29. The highest BCUT2D eigenvalue weighted by Crippen LogP contribution is 2.40. The molecule has 236 valence electrons. The molecule has 2 heterocycles. The maximum Gasteiger partial charge on any atom is 0.0541 e. The molecule has 0 amide bonds. The fourth-order valence-corrected chi connectivity index (χ4v) is 7.39. The van der Waals surface area contributed by atoms with Crippen LogP contribution in [-0.2, 0) is 0 Å². The molecule has 1 aliphatic heterocycles. The molecule has 50 heavy (non-hydrogen) atoms. The van der Waals surface area contributed by atoms with Gasteiger partial charge in [0.25, 0.3) is 0 Å². The van der Waals surface area contributed by atoms with E-state index in [0.717, 1.165) is 28.2 Å². The predicted molar refractivity (Wildman–Crippen MR) is 213 cm³/mol. The summed E-state index contributed by atoms with van der Waals surface area (Å²) in [4.78, 5) is 2.23. The molecule has 0 fully saturated rings. The predicted octanol–water partition coefficient (Wildman–Crippen LogP) is 13.0. The second kappa shape index (κ2) is 12.4. The second-order valence-corrected chi connectivity index (χ2v) is 12.7. The van der Waals surface area contributed by atoms with Gasteiger partial charge >= 0.3 is 0 Å². The van der Waals surface area contributed by atoms with E-state index < -0.39 is 0 Å². The van der Waals surface area contributed by atoms with Crippen molar-refractivity contribution in [2.45, 2.75) is 0 Å². The molecule has 1 aromatic heterocycles. The van der Waals surface area contributed by atoms with Gasteiger partial charge in [0.05, 0.1) is 16.7 Å². The summed E-state index contributed by atoms with van der Waals surface area (Å²) in [5.41, 5.74) is 15.1. The highest BCUT2D eigenvalue weighted by Gasteiger charge is 2.16. The minimum atomic E-state index is 1.00. The average Bonchev–Trinajstić information content (AvgIpc) is 3.52. The van der Waals surface area contributed by atoms with Gasteiger partial charge in [-0.15, -0.1) is 0 Å². The summed E-state index contributed by atoms with van der Waals surface area (Å²) >= 11 is 0. The number of nitrogens with zero attached hydrogens (tertiary/aromatic N) is 2. The number of aromatic nitrogens is 1. The number of benzene rings is 7. The van der Waals surface area contributed by atoms with Gasteiger partial charge < -0.3 is 9.47 Å². The highest BCUT2D eigenvalue weighted by molar-refractivity contribution is 6.09. The van der Waals surface area contributed by atoms with Gasteiger partial charge in [-0.3, -0.25) is 0 Å². The number of rotatable bonds is 5. The standard InChI is InChI=1S/C48H34N2/c1-34-14-12-13-33-49(46-22-9-6-15-39(34)46)37-29-25-35(26-30-37)40-16-2-4-18-42(40)43-19-5-3-17-41(43)36-27-31-38(32-28-36)50-47-23-10-7-20-44(47)45-21-8-11-24-48(45)50/h2-33H,1H2/b14-12-,33-13-. The lowest BCUT2D eigenvalue weighted by atomic mass is 9.89. The monoisotopic (exact) mass is 638 g/mol. The third-order valence-corrected chi connectivity index (χ3v) is 9.77. The molecule has 1 aliphatic rings. The van der Waals surface area contributed by atoms with Crippen LogP contribution in [-0.4, -0.2) is 4.57 Å². The minimum Gasteiger partial charge on any atom is -0.317 e. The summed E-state index contributed by atoms with van der Waals surface area (Å²) in [7, 11) is 0. The molecule has 2 heteroatoms. The molecule has 0 atom stereocenters. The molecule has 7 aromatic carbocycles. The fourth-order valence-electron chi connectivity index (χ4n) is 7.39. The molecule has 0 aliphatic carbocycles. The van der Waals surface area contributed by atoms with Gasteiger partial charge in [0.2, 0.25) is 0 Å². The van der Waals surface area contributed by atoms with E-state index in [1.54, 1.807) is 0 Å². The molecule has 0 saturated heterocycles. The van der Waals surface area contributed by atoms with Crippen molar-refractivity contribution < 1.29 is 0 Å². The zero-order chi connectivity index (χ0) is 33.4. The minimum absolute atomic E-state index is 1.00. The number of allylic oxidation sites excluding steroid dienone is 4. The van der Waals surface area contributed by atoms with Gasteiger partial charge in [-0.25, -0.2) is 0 Å². The normalized spacial score (nSPS) is 13.9. The summed E-state index contributed by atoms with van der Waals surface area (Å²) in [5, 5.41) is 2.54. The summed E-state index contributed by atoms with van der Waals surface area (Å²) in [6.45, 7) is 4.30. The van der Waals surface area contributed by atoms with Crippen molar-refractivity contribution in [1.29, 1.82) is 0 Å². The zero-order valence-electron chi connectivity index (χ0n) is 27.6. The maximum absolute atomic E-state index is 4.30. The molecule has 8 aromatic rings. The van der Waals surface area contributed by atoms with E-state index in [0.29, 0.717) is 0 Å². The molecule has 0 spiro atoms. The van der Waals surface area contributed by atoms with Gasteiger partial charge in [0.15, 0.2) is 0 Å². The van der Waals surface area contributed by atoms with E-state index in [2.05, 4.69) is 204 Å². The third-order valence-electron chi connectivity index (χ3n) is 9.77. The van der Waals surface area contributed by atoms with Crippen LogP contribution in [0.1, 0.15) is 5.56 Å². The Morgan fingerprint density at radius 1 is 0.380 bits per heavy atom. The van der Waals surface area contributed by atoms with Gasteiger partial charge in [-0.1, -0.05) is 146 Å². The van der Waals surface area contributed by atoms with E-state index in [9.17, 15) is 0 Å². The highest BCUT2D eigenvalue weighted by atomic mass is 15.1. The summed E-state index contributed by atoms with van der Waals surface area (Å²) < 4.78 is 2.37. The van der Waals surface area contributed by atoms with Gasteiger partial charge in [0, 0.05) is 33.9 Å². The van der Waals surface area contributed by atoms with E-state index >= 15 is 0 Å². The topological polar surface area (TPSA) is 8.17 Å². The van der Waals surface area contributed by atoms with Crippen LogP contribution in [0.15, 0.2) is 201 Å². The molecule has 0 bridgehead atoms. The first-order valence-electron chi connectivity index (χ1n) is 17.0. The molecule has 0 unspecified atom stereocenters. The van der Waals surface area contributed by atoms with Crippen molar-refractivity contribution in [3.05, 3.63) is 206 Å².